The lowest BCUT2D eigenvalue weighted by Crippen LogP contribution is -2.20. The van der Waals surface area contributed by atoms with Gasteiger partial charge in [0.15, 0.2) is 11.5 Å². The lowest BCUT2D eigenvalue weighted by molar-refractivity contribution is -0.137. The Morgan fingerprint density at radius 2 is 1.47 bits per heavy atom. The summed E-state index contributed by atoms with van der Waals surface area (Å²) < 4.78 is 55.7. The molecule has 9 heteroatoms. The zero-order chi connectivity index (χ0) is 21.9. The monoisotopic (exact) mass is 420 g/mol. The van der Waals surface area contributed by atoms with Crippen molar-refractivity contribution < 1.29 is 27.4 Å². The highest BCUT2D eigenvalue weighted by Crippen LogP contribution is 2.39. The Kier molecular flexibility index (Phi) is 5.91. The van der Waals surface area contributed by atoms with Gasteiger partial charge in [-0.15, -0.1) is 0 Å². The number of ether oxygens (including phenoxy) is 3. The molecular weight excluding hydrogens is 401 g/mol. The molecule has 0 saturated carbocycles. The predicted octanol–water partition coefficient (Wildman–Crippen LogP) is 4.63. The molecule has 30 heavy (non-hydrogen) atoms. The van der Waals surface area contributed by atoms with Crippen LogP contribution in [0.2, 0.25) is 0 Å². The number of nitrogens with one attached hydrogen (secondary N) is 1. The van der Waals surface area contributed by atoms with Crippen LogP contribution in [0, 0.1) is 0 Å². The van der Waals surface area contributed by atoms with Crippen LogP contribution in [0.4, 0.5) is 24.7 Å². The predicted molar refractivity (Wildman–Crippen MR) is 106 cm³/mol. The summed E-state index contributed by atoms with van der Waals surface area (Å²) in [4.78, 5) is 12.6. The van der Waals surface area contributed by atoms with Crippen molar-refractivity contribution >= 4 is 11.5 Å². The first-order valence-corrected chi connectivity index (χ1v) is 8.75. The first-order chi connectivity index (χ1) is 14.3. The molecule has 158 valence electrons. The molecule has 0 saturated heterocycles. The van der Waals surface area contributed by atoms with E-state index in [1.165, 1.54) is 44.1 Å². The summed E-state index contributed by atoms with van der Waals surface area (Å²) in [5.74, 6) is 1.41. The Morgan fingerprint density at radius 3 is 1.97 bits per heavy atom. The molecule has 0 bridgehead atoms. The van der Waals surface area contributed by atoms with Crippen molar-refractivity contribution in [1.82, 2.24) is 4.57 Å². The van der Waals surface area contributed by atoms with Gasteiger partial charge in [0.25, 0.3) is 5.56 Å². The zero-order valence-electron chi connectivity index (χ0n) is 16.4. The quantitative estimate of drug-likeness (QED) is 0.630. The van der Waals surface area contributed by atoms with Gasteiger partial charge in [0.05, 0.1) is 32.6 Å². The summed E-state index contributed by atoms with van der Waals surface area (Å²) in [6.45, 7) is 0. The standard InChI is InChI=1S/C21H19F3N2O4/c1-28-16-11-15(12-17(29-2)20(16)30-3)26-18(5-4-6-19(26)27)25-14-9-7-13(8-10-14)21(22,23)24/h4-12,25H,1-3H3. The Labute approximate surface area is 170 Å². The molecule has 0 aliphatic carbocycles. The molecule has 0 radical (unpaired) electrons. The summed E-state index contributed by atoms with van der Waals surface area (Å²) in [6, 6.07) is 12.2. The van der Waals surface area contributed by atoms with Crippen molar-refractivity contribution in [2.24, 2.45) is 0 Å². The molecular formula is C21H19F3N2O4. The van der Waals surface area contributed by atoms with E-state index in [9.17, 15) is 18.0 Å². The number of nitrogens with zero attached hydrogens (tertiary/aromatic N) is 1. The van der Waals surface area contributed by atoms with Crippen LogP contribution in [-0.4, -0.2) is 25.9 Å². The maximum atomic E-state index is 12.8. The van der Waals surface area contributed by atoms with Crippen molar-refractivity contribution in [3.05, 3.63) is 70.5 Å². The summed E-state index contributed by atoms with van der Waals surface area (Å²) in [5.41, 5.74) is -0.316. The fourth-order valence-electron chi connectivity index (χ4n) is 2.94. The molecule has 3 aromatic rings. The number of methoxy groups -OCH3 is 3. The minimum atomic E-state index is -4.43. The number of benzene rings is 2. The van der Waals surface area contributed by atoms with Crippen LogP contribution < -0.4 is 25.1 Å². The number of aromatic nitrogens is 1. The third-order valence-electron chi connectivity index (χ3n) is 4.35. The lowest BCUT2D eigenvalue weighted by Gasteiger charge is -2.18. The Bertz CT molecular complexity index is 1070. The number of halogens is 3. The van der Waals surface area contributed by atoms with E-state index in [0.29, 0.717) is 34.4 Å². The Morgan fingerprint density at radius 1 is 0.867 bits per heavy atom. The van der Waals surface area contributed by atoms with Crippen molar-refractivity contribution in [3.8, 4) is 22.9 Å². The minimum Gasteiger partial charge on any atom is -0.493 e. The van der Waals surface area contributed by atoms with E-state index in [0.717, 1.165) is 12.1 Å². The van der Waals surface area contributed by atoms with Crippen LogP contribution in [0.3, 0.4) is 0 Å². The number of hydrogen-bond donors (Lipinski definition) is 1. The maximum Gasteiger partial charge on any atom is 0.416 e. The van der Waals surface area contributed by atoms with Gasteiger partial charge in [0.1, 0.15) is 5.82 Å². The van der Waals surface area contributed by atoms with E-state index in [-0.39, 0.29) is 5.56 Å². The summed E-state index contributed by atoms with van der Waals surface area (Å²) >= 11 is 0. The van der Waals surface area contributed by atoms with Crippen molar-refractivity contribution in [1.29, 1.82) is 0 Å². The van der Waals surface area contributed by atoms with Gasteiger partial charge in [-0.25, -0.2) is 0 Å². The van der Waals surface area contributed by atoms with E-state index in [4.69, 9.17) is 14.2 Å². The van der Waals surface area contributed by atoms with Crippen LogP contribution in [0.1, 0.15) is 5.56 Å². The van der Waals surface area contributed by atoms with Gasteiger partial charge in [-0.1, -0.05) is 6.07 Å². The molecule has 0 atom stereocenters. The van der Waals surface area contributed by atoms with Gasteiger partial charge in [0, 0.05) is 23.9 Å². The molecule has 0 unspecified atom stereocenters. The molecule has 0 fully saturated rings. The third-order valence-corrected chi connectivity index (χ3v) is 4.35. The van der Waals surface area contributed by atoms with Gasteiger partial charge in [-0.3, -0.25) is 9.36 Å². The summed E-state index contributed by atoms with van der Waals surface area (Å²) in [5, 5.41) is 2.98. The normalized spacial score (nSPS) is 11.1. The highest BCUT2D eigenvalue weighted by atomic mass is 19.4. The third kappa shape index (κ3) is 4.19. The molecule has 6 nitrogen and oxygen atoms in total. The van der Waals surface area contributed by atoms with E-state index < -0.39 is 11.7 Å². The van der Waals surface area contributed by atoms with Crippen molar-refractivity contribution in [2.45, 2.75) is 6.18 Å². The first-order valence-electron chi connectivity index (χ1n) is 8.75. The highest BCUT2D eigenvalue weighted by Gasteiger charge is 2.30. The largest absolute Gasteiger partial charge is 0.493 e. The van der Waals surface area contributed by atoms with E-state index in [1.807, 2.05) is 0 Å². The van der Waals surface area contributed by atoms with E-state index >= 15 is 0 Å². The number of hydrogen-bond acceptors (Lipinski definition) is 5. The molecule has 1 N–H and O–H groups in total. The Balaban J connectivity index is 2.07. The second-order valence-corrected chi connectivity index (χ2v) is 6.17. The van der Waals surface area contributed by atoms with Gasteiger partial charge < -0.3 is 19.5 Å². The minimum absolute atomic E-state index is 0.344. The van der Waals surface area contributed by atoms with Gasteiger partial charge >= 0.3 is 6.18 Å². The average molecular weight is 420 g/mol. The van der Waals surface area contributed by atoms with Gasteiger partial charge in [-0.2, -0.15) is 13.2 Å². The van der Waals surface area contributed by atoms with Crippen LogP contribution in [0.25, 0.3) is 5.69 Å². The molecule has 0 aliphatic rings. The topological polar surface area (TPSA) is 61.7 Å². The van der Waals surface area contributed by atoms with Crippen molar-refractivity contribution in [2.75, 3.05) is 26.6 Å². The SMILES string of the molecule is COc1cc(-n2c(Nc3ccc(C(F)(F)F)cc3)cccc2=O)cc(OC)c1OC. The summed E-state index contributed by atoms with van der Waals surface area (Å²) in [7, 11) is 4.37. The van der Waals surface area contributed by atoms with Crippen LogP contribution in [-0.2, 0) is 6.18 Å². The van der Waals surface area contributed by atoms with Crippen LogP contribution in [0.15, 0.2) is 59.4 Å². The molecule has 0 aliphatic heterocycles. The maximum absolute atomic E-state index is 12.8. The number of rotatable bonds is 6. The number of pyridine rings is 1. The van der Waals surface area contributed by atoms with E-state index in [1.54, 1.807) is 24.3 Å². The second kappa shape index (κ2) is 8.40. The lowest BCUT2D eigenvalue weighted by atomic mass is 10.2. The first kappa shape index (κ1) is 21.1. The molecule has 0 spiro atoms. The van der Waals surface area contributed by atoms with Crippen LogP contribution in [0.5, 0.6) is 17.2 Å². The fraction of sp³-hybridized carbons (Fsp3) is 0.190. The zero-order valence-corrected chi connectivity index (χ0v) is 16.4. The average Bonchev–Trinajstić information content (AvgIpc) is 2.72. The fourth-order valence-corrected chi connectivity index (χ4v) is 2.94. The van der Waals surface area contributed by atoms with E-state index in [2.05, 4.69) is 5.32 Å². The second-order valence-electron chi connectivity index (χ2n) is 6.17. The smallest absolute Gasteiger partial charge is 0.416 e. The molecule has 0 amide bonds. The van der Waals surface area contributed by atoms with Crippen molar-refractivity contribution in [3.63, 3.8) is 0 Å². The molecule has 3 rings (SSSR count). The summed E-state index contributed by atoms with van der Waals surface area (Å²) in [6.07, 6.45) is -4.43. The number of alkyl halides is 3. The Hall–Kier alpha value is -3.62. The number of anilines is 2. The molecule has 2 aromatic carbocycles. The van der Waals surface area contributed by atoms with Gasteiger partial charge in [-0.05, 0) is 30.3 Å². The highest BCUT2D eigenvalue weighted by molar-refractivity contribution is 5.63. The van der Waals surface area contributed by atoms with Crippen LogP contribution >= 0.6 is 0 Å². The molecule has 1 heterocycles. The van der Waals surface area contributed by atoms with Gasteiger partial charge in [0.2, 0.25) is 5.75 Å². The molecule has 1 aromatic heterocycles.